The first-order valence-corrected chi connectivity index (χ1v) is 9.44. The van der Waals surface area contributed by atoms with E-state index in [2.05, 4.69) is 55.2 Å². The molecule has 3 rings (SSSR count). The third-order valence-electron chi connectivity index (χ3n) is 5.75. The van der Waals surface area contributed by atoms with Gasteiger partial charge >= 0.3 is 0 Å². The summed E-state index contributed by atoms with van der Waals surface area (Å²) in [5.41, 5.74) is 1.21. The second-order valence-electron chi connectivity index (χ2n) is 7.52. The molecule has 0 amide bonds. The Morgan fingerprint density at radius 3 is 1.96 bits per heavy atom. The summed E-state index contributed by atoms with van der Waals surface area (Å²) in [6, 6.07) is 3.75. The van der Waals surface area contributed by atoms with Gasteiger partial charge < -0.3 is 15.1 Å². The number of aromatic nitrogens is 2. The first-order valence-electron chi connectivity index (χ1n) is 9.44. The highest BCUT2D eigenvalue weighted by Gasteiger charge is 2.43. The van der Waals surface area contributed by atoms with Crippen molar-refractivity contribution in [2.75, 3.05) is 21.1 Å². The van der Waals surface area contributed by atoms with Crippen molar-refractivity contribution in [2.24, 2.45) is 11.8 Å². The molecule has 0 aromatic carbocycles. The smallest absolute Gasteiger partial charge is 0.290 e. The third-order valence-corrected chi connectivity index (χ3v) is 5.75. The van der Waals surface area contributed by atoms with Crippen LogP contribution in [0.4, 0.5) is 0 Å². The second-order valence-corrected chi connectivity index (χ2v) is 7.52. The van der Waals surface area contributed by atoms with Crippen molar-refractivity contribution in [3.63, 3.8) is 0 Å². The van der Waals surface area contributed by atoms with Crippen molar-refractivity contribution < 1.29 is 19.8 Å². The Hall–Kier alpha value is -1.93. The summed E-state index contributed by atoms with van der Waals surface area (Å²) >= 11 is 0. The van der Waals surface area contributed by atoms with E-state index in [0.29, 0.717) is 0 Å². The summed E-state index contributed by atoms with van der Waals surface area (Å²) in [4.78, 5) is 21.7. The minimum absolute atomic E-state index is 0.250. The van der Waals surface area contributed by atoms with Crippen molar-refractivity contribution in [3.05, 3.63) is 18.0 Å². The van der Waals surface area contributed by atoms with Gasteiger partial charge in [0.2, 0.25) is 0 Å². The zero-order valence-electron chi connectivity index (χ0n) is 16.9. The number of hydrogen-bond acceptors (Lipinski definition) is 5. The highest BCUT2D eigenvalue weighted by Crippen LogP contribution is 2.46. The van der Waals surface area contributed by atoms with Crippen LogP contribution in [0.3, 0.4) is 0 Å². The Kier molecular flexibility index (Phi) is 10.0. The molecule has 2 unspecified atom stereocenters. The van der Waals surface area contributed by atoms with E-state index in [0.717, 1.165) is 37.0 Å². The molecule has 0 saturated heterocycles. The maximum absolute atomic E-state index is 8.36. The highest BCUT2D eigenvalue weighted by atomic mass is 16.3. The number of fused-ring (bicyclic) bond motifs is 1. The molecule has 2 N–H and O–H groups in total. The van der Waals surface area contributed by atoms with Crippen LogP contribution in [-0.4, -0.2) is 76.0 Å². The molecule has 2 aliphatic rings. The van der Waals surface area contributed by atoms with Gasteiger partial charge in [0.1, 0.15) is 0 Å². The molecule has 8 heteroatoms. The molecule has 1 aromatic rings. The van der Waals surface area contributed by atoms with Crippen LogP contribution in [0.2, 0.25) is 0 Å². The van der Waals surface area contributed by atoms with Crippen LogP contribution in [0.25, 0.3) is 0 Å². The van der Waals surface area contributed by atoms with Crippen molar-refractivity contribution in [1.29, 1.82) is 0 Å². The van der Waals surface area contributed by atoms with Gasteiger partial charge in [0, 0.05) is 31.4 Å². The summed E-state index contributed by atoms with van der Waals surface area (Å²) in [5, 5.41) is 18.4. The largest absolute Gasteiger partial charge is 0.483 e. The predicted octanol–water partition coefficient (Wildman–Crippen LogP) is 1.86. The Morgan fingerprint density at radius 2 is 1.56 bits per heavy atom. The fourth-order valence-electron chi connectivity index (χ4n) is 4.38. The number of nitrogens with zero attached hydrogens (tertiary/aromatic N) is 4. The van der Waals surface area contributed by atoms with Gasteiger partial charge in [-0.25, -0.2) is 0 Å². The molecule has 0 aliphatic heterocycles. The van der Waals surface area contributed by atoms with E-state index in [4.69, 9.17) is 19.8 Å². The Labute approximate surface area is 161 Å². The summed E-state index contributed by atoms with van der Waals surface area (Å²) in [5.74, 6) is 1.91. The van der Waals surface area contributed by atoms with Crippen LogP contribution in [0.15, 0.2) is 12.3 Å². The third kappa shape index (κ3) is 6.95. The van der Waals surface area contributed by atoms with E-state index in [-0.39, 0.29) is 12.9 Å². The van der Waals surface area contributed by atoms with Crippen LogP contribution in [-0.2, 0) is 22.7 Å². The normalized spacial score (nSPS) is 26.0. The Balaban J connectivity index is 0.000000540. The van der Waals surface area contributed by atoms with Crippen molar-refractivity contribution in [1.82, 2.24) is 19.6 Å². The van der Waals surface area contributed by atoms with Crippen LogP contribution in [0.5, 0.6) is 0 Å². The molecule has 0 spiro atoms. The van der Waals surface area contributed by atoms with E-state index in [1.807, 2.05) is 4.68 Å². The predicted molar refractivity (Wildman–Crippen MR) is 103 cm³/mol. The molecule has 4 atom stereocenters. The Morgan fingerprint density at radius 1 is 1.07 bits per heavy atom. The number of aryl methyl sites for hydroxylation is 1. The van der Waals surface area contributed by atoms with Crippen LogP contribution in [0, 0.1) is 11.8 Å². The molecule has 1 aromatic heterocycles. The fraction of sp³-hybridized carbons (Fsp3) is 0.737. The molecule has 154 valence electrons. The lowest BCUT2D eigenvalue weighted by Gasteiger charge is -2.26. The molecule has 1 heterocycles. The SMILES string of the molecule is CCn1ccc(CN(C)C2C[C@H]3CC(N(C)C)C[C@H]3C2)n1.O=CO.O=CO. The van der Waals surface area contributed by atoms with Crippen molar-refractivity contribution >= 4 is 12.9 Å². The Bertz CT molecular complexity index is 544. The lowest BCUT2D eigenvalue weighted by atomic mass is 10.0. The maximum atomic E-state index is 8.36. The van der Waals surface area contributed by atoms with Gasteiger partial charge in [-0.05, 0) is 71.7 Å². The monoisotopic (exact) mass is 382 g/mol. The summed E-state index contributed by atoms with van der Waals surface area (Å²) in [6.07, 6.45) is 7.69. The van der Waals surface area contributed by atoms with Gasteiger partial charge in [-0.1, -0.05) is 0 Å². The molecule has 2 aliphatic carbocycles. The first kappa shape index (κ1) is 23.1. The summed E-state index contributed by atoms with van der Waals surface area (Å²) < 4.78 is 2.02. The van der Waals surface area contributed by atoms with Gasteiger partial charge in [0.25, 0.3) is 12.9 Å². The minimum Gasteiger partial charge on any atom is -0.483 e. The molecule has 8 nitrogen and oxygen atoms in total. The second kappa shape index (κ2) is 11.7. The molecule has 2 fully saturated rings. The van der Waals surface area contributed by atoms with Crippen molar-refractivity contribution in [3.8, 4) is 0 Å². The summed E-state index contributed by atoms with van der Waals surface area (Å²) in [6.45, 7) is 3.59. The molecule has 0 radical (unpaired) electrons. The van der Waals surface area contributed by atoms with Gasteiger partial charge in [-0.15, -0.1) is 0 Å². The molecular formula is C19H34N4O4. The topological polar surface area (TPSA) is 98.9 Å². The molecule has 0 bridgehead atoms. The van der Waals surface area contributed by atoms with E-state index >= 15 is 0 Å². The van der Waals surface area contributed by atoms with E-state index in [1.54, 1.807) is 0 Å². The number of carbonyl (C=O) groups is 2. The summed E-state index contributed by atoms with van der Waals surface area (Å²) in [7, 11) is 6.75. The minimum atomic E-state index is -0.250. The quantitative estimate of drug-likeness (QED) is 0.750. The molecule has 27 heavy (non-hydrogen) atoms. The zero-order valence-corrected chi connectivity index (χ0v) is 16.9. The average Bonchev–Trinajstić information content (AvgIpc) is 3.30. The van der Waals surface area contributed by atoms with E-state index in [9.17, 15) is 0 Å². The first-order chi connectivity index (χ1) is 12.9. The van der Waals surface area contributed by atoms with Gasteiger partial charge in [0.15, 0.2) is 0 Å². The van der Waals surface area contributed by atoms with Gasteiger partial charge in [0.05, 0.1) is 5.69 Å². The number of hydrogen-bond donors (Lipinski definition) is 2. The van der Waals surface area contributed by atoms with Crippen LogP contribution >= 0.6 is 0 Å². The highest BCUT2D eigenvalue weighted by molar-refractivity contribution is 5.33. The molecule has 2 saturated carbocycles. The van der Waals surface area contributed by atoms with Crippen molar-refractivity contribution in [2.45, 2.75) is 57.8 Å². The number of carboxylic acid groups (broad SMARTS) is 2. The zero-order chi connectivity index (χ0) is 20.4. The van der Waals surface area contributed by atoms with E-state index in [1.165, 1.54) is 31.4 Å². The van der Waals surface area contributed by atoms with Crippen LogP contribution in [0.1, 0.15) is 38.3 Å². The van der Waals surface area contributed by atoms with Gasteiger partial charge in [-0.2, -0.15) is 5.10 Å². The lowest BCUT2D eigenvalue weighted by molar-refractivity contribution is -0.123. The standard InChI is InChI=1S/C17H30N4.2CH2O2/c1-5-21-7-6-15(18-21)12-20(4)17-10-13-8-16(19(2)3)9-14(13)11-17;2*2-1-3/h6-7,13-14,16-17H,5,8-12H2,1-4H3;2*1H,(H,2,3)/t13-,14+,16?,17?;;. The van der Waals surface area contributed by atoms with Gasteiger partial charge in [-0.3, -0.25) is 19.2 Å². The lowest BCUT2D eigenvalue weighted by Crippen LogP contribution is -2.31. The average molecular weight is 383 g/mol. The molecular weight excluding hydrogens is 348 g/mol. The van der Waals surface area contributed by atoms with Crippen LogP contribution < -0.4 is 0 Å². The van der Waals surface area contributed by atoms with E-state index < -0.39 is 0 Å². The fourth-order valence-corrected chi connectivity index (χ4v) is 4.38. The number of rotatable bonds is 5. The maximum Gasteiger partial charge on any atom is 0.290 e.